The van der Waals surface area contributed by atoms with E-state index in [0.717, 1.165) is 17.0 Å². The summed E-state index contributed by atoms with van der Waals surface area (Å²) in [6, 6.07) is 8.85. The smallest absolute Gasteiger partial charge is 0.224 e. The normalized spacial score (nSPS) is 10.7. The van der Waals surface area contributed by atoms with E-state index in [0.29, 0.717) is 29.0 Å². The molecule has 0 atom stereocenters. The van der Waals surface area contributed by atoms with Gasteiger partial charge in [-0.3, -0.25) is 4.79 Å². The molecule has 0 bridgehead atoms. The average molecular weight is 351 g/mol. The maximum absolute atomic E-state index is 11.1. The monoisotopic (exact) mass is 351 g/mol. The van der Waals surface area contributed by atoms with Crippen LogP contribution in [0.4, 0.5) is 5.69 Å². The second-order valence-electron chi connectivity index (χ2n) is 6.13. The minimum Gasteiger partial charge on any atom is -0.439 e. The van der Waals surface area contributed by atoms with Crippen LogP contribution in [0.25, 0.3) is 5.82 Å². The van der Waals surface area contributed by atoms with Crippen LogP contribution in [0.2, 0.25) is 0 Å². The van der Waals surface area contributed by atoms with E-state index in [-0.39, 0.29) is 5.91 Å². The van der Waals surface area contributed by atoms with Gasteiger partial charge in [0, 0.05) is 24.4 Å². The van der Waals surface area contributed by atoms with Crippen molar-refractivity contribution >= 4 is 11.6 Å². The fourth-order valence-corrected chi connectivity index (χ4v) is 2.56. The van der Waals surface area contributed by atoms with Crippen LogP contribution < -0.4 is 10.1 Å². The summed E-state index contributed by atoms with van der Waals surface area (Å²) in [7, 11) is 0. The van der Waals surface area contributed by atoms with Crippen molar-refractivity contribution in [3.05, 3.63) is 53.1 Å². The van der Waals surface area contributed by atoms with Gasteiger partial charge in [-0.25, -0.2) is 9.67 Å². The summed E-state index contributed by atoms with van der Waals surface area (Å²) in [6.07, 6.45) is 0. The highest BCUT2D eigenvalue weighted by Gasteiger charge is 2.12. The number of carbonyl (C=O) groups excluding carboxylic acids is 1. The maximum atomic E-state index is 11.1. The summed E-state index contributed by atoms with van der Waals surface area (Å²) in [5.41, 5.74) is 3.85. The highest BCUT2D eigenvalue weighted by molar-refractivity contribution is 5.88. The lowest BCUT2D eigenvalue weighted by atomic mass is 10.2. The van der Waals surface area contributed by atoms with Crippen LogP contribution in [0.3, 0.4) is 0 Å². The Hall–Kier alpha value is -3.22. The molecule has 0 saturated carbocycles. The van der Waals surface area contributed by atoms with Crippen LogP contribution in [0, 0.1) is 27.7 Å². The first-order valence-corrected chi connectivity index (χ1v) is 8.28. The fraction of sp³-hybridized carbons (Fsp3) is 0.263. The number of benzene rings is 1. The third-order valence-corrected chi connectivity index (χ3v) is 4.07. The molecular formula is C19H21N5O2. The topological polar surface area (TPSA) is 81.9 Å². The number of hydrogen-bond acceptors (Lipinski definition) is 5. The second kappa shape index (κ2) is 6.95. The molecule has 3 rings (SSSR count). The lowest BCUT2D eigenvalue weighted by molar-refractivity contribution is -0.114. The quantitative estimate of drug-likeness (QED) is 0.776. The molecule has 0 fully saturated rings. The largest absolute Gasteiger partial charge is 0.439 e. The number of aryl methyl sites for hydroxylation is 2. The Morgan fingerprint density at radius 1 is 1.08 bits per heavy atom. The number of hydrogen-bond donors (Lipinski definition) is 1. The zero-order chi connectivity index (χ0) is 18.8. The lowest BCUT2D eigenvalue weighted by Gasteiger charge is -2.10. The molecule has 26 heavy (non-hydrogen) atoms. The van der Waals surface area contributed by atoms with Gasteiger partial charge in [0.25, 0.3) is 0 Å². The predicted molar refractivity (Wildman–Crippen MR) is 98.9 cm³/mol. The van der Waals surface area contributed by atoms with Crippen molar-refractivity contribution in [1.82, 2.24) is 19.7 Å². The van der Waals surface area contributed by atoms with Crippen molar-refractivity contribution in [3.63, 3.8) is 0 Å². The standard InChI is InChI=1S/C19H21N5O2/c1-11-12(2)23-24(13(11)3)18-10-19(21-14(4)20-18)26-17-8-6-16(7-9-17)22-15(5)25/h6-10H,1-5H3,(H,22,25). The SMILES string of the molecule is CC(=O)Nc1ccc(Oc2cc(-n3nc(C)c(C)c3C)nc(C)n2)cc1. The number of ether oxygens (including phenoxy) is 1. The molecule has 2 aromatic heterocycles. The zero-order valence-electron chi connectivity index (χ0n) is 15.5. The van der Waals surface area contributed by atoms with Crippen LogP contribution in [-0.4, -0.2) is 25.7 Å². The zero-order valence-corrected chi connectivity index (χ0v) is 15.5. The second-order valence-corrected chi connectivity index (χ2v) is 6.13. The lowest BCUT2D eigenvalue weighted by Crippen LogP contribution is -2.06. The summed E-state index contributed by atoms with van der Waals surface area (Å²) in [6.45, 7) is 9.30. The number of nitrogens with one attached hydrogen (secondary N) is 1. The Morgan fingerprint density at radius 3 is 2.35 bits per heavy atom. The molecule has 0 radical (unpaired) electrons. The predicted octanol–water partition coefficient (Wildman–Crippen LogP) is 3.65. The summed E-state index contributed by atoms with van der Waals surface area (Å²) < 4.78 is 7.65. The van der Waals surface area contributed by atoms with Crippen molar-refractivity contribution in [3.8, 4) is 17.4 Å². The first kappa shape index (κ1) is 17.6. The van der Waals surface area contributed by atoms with Gasteiger partial charge in [-0.05, 0) is 57.5 Å². The van der Waals surface area contributed by atoms with E-state index in [1.807, 2.05) is 27.7 Å². The Bertz CT molecular complexity index is 961. The van der Waals surface area contributed by atoms with Gasteiger partial charge in [0.1, 0.15) is 11.6 Å². The van der Waals surface area contributed by atoms with E-state index in [1.54, 1.807) is 35.0 Å². The van der Waals surface area contributed by atoms with E-state index < -0.39 is 0 Å². The minimum absolute atomic E-state index is 0.116. The summed E-state index contributed by atoms with van der Waals surface area (Å²) in [5.74, 6) is 2.20. The highest BCUT2D eigenvalue weighted by Crippen LogP contribution is 2.24. The molecule has 7 heteroatoms. The minimum atomic E-state index is -0.116. The van der Waals surface area contributed by atoms with Crippen molar-refractivity contribution < 1.29 is 9.53 Å². The molecule has 3 aromatic rings. The summed E-state index contributed by atoms with van der Waals surface area (Å²) >= 11 is 0. The van der Waals surface area contributed by atoms with E-state index in [9.17, 15) is 4.79 Å². The Morgan fingerprint density at radius 2 is 1.77 bits per heavy atom. The average Bonchev–Trinajstić information content (AvgIpc) is 2.83. The fourth-order valence-electron chi connectivity index (χ4n) is 2.56. The van der Waals surface area contributed by atoms with Crippen LogP contribution >= 0.6 is 0 Å². The van der Waals surface area contributed by atoms with E-state index >= 15 is 0 Å². The number of carbonyl (C=O) groups is 1. The maximum Gasteiger partial charge on any atom is 0.224 e. The van der Waals surface area contributed by atoms with Crippen LogP contribution in [0.15, 0.2) is 30.3 Å². The van der Waals surface area contributed by atoms with Crippen molar-refractivity contribution in [2.45, 2.75) is 34.6 Å². The van der Waals surface area contributed by atoms with Gasteiger partial charge in [0.2, 0.25) is 11.8 Å². The van der Waals surface area contributed by atoms with E-state index in [1.165, 1.54) is 6.92 Å². The molecule has 1 N–H and O–H groups in total. The van der Waals surface area contributed by atoms with Gasteiger partial charge >= 0.3 is 0 Å². The van der Waals surface area contributed by atoms with Crippen LogP contribution in [0.5, 0.6) is 11.6 Å². The van der Waals surface area contributed by atoms with E-state index in [4.69, 9.17) is 4.74 Å². The molecule has 0 unspecified atom stereocenters. The van der Waals surface area contributed by atoms with Gasteiger partial charge in [-0.15, -0.1) is 0 Å². The van der Waals surface area contributed by atoms with Crippen molar-refractivity contribution in [2.24, 2.45) is 0 Å². The molecule has 0 aliphatic rings. The Kier molecular flexibility index (Phi) is 4.71. The van der Waals surface area contributed by atoms with Crippen LogP contribution in [0.1, 0.15) is 29.7 Å². The third kappa shape index (κ3) is 3.72. The molecule has 0 aliphatic heterocycles. The molecule has 2 heterocycles. The summed E-state index contributed by atoms with van der Waals surface area (Å²) in [5, 5.41) is 7.26. The molecule has 0 spiro atoms. The molecule has 1 aromatic carbocycles. The Labute approximate surface area is 152 Å². The Balaban J connectivity index is 1.88. The molecule has 1 amide bonds. The number of amides is 1. The molecule has 0 aliphatic carbocycles. The van der Waals surface area contributed by atoms with Crippen LogP contribution in [-0.2, 0) is 4.79 Å². The first-order valence-electron chi connectivity index (χ1n) is 8.28. The number of rotatable bonds is 4. The molecule has 7 nitrogen and oxygen atoms in total. The van der Waals surface area contributed by atoms with Crippen molar-refractivity contribution in [2.75, 3.05) is 5.32 Å². The molecule has 0 saturated heterocycles. The van der Waals surface area contributed by atoms with Gasteiger partial charge in [-0.2, -0.15) is 10.1 Å². The van der Waals surface area contributed by atoms with Gasteiger partial charge in [0.05, 0.1) is 5.69 Å². The number of anilines is 1. The molecule has 134 valence electrons. The summed E-state index contributed by atoms with van der Waals surface area (Å²) in [4.78, 5) is 19.9. The number of nitrogens with zero attached hydrogens (tertiary/aromatic N) is 4. The highest BCUT2D eigenvalue weighted by atomic mass is 16.5. The van der Waals surface area contributed by atoms with Gasteiger partial charge in [-0.1, -0.05) is 0 Å². The van der Waals surface area contributed by atoms with Gasteiger partial charge in [0.15, 0.2) is 5.82 Å². The number of aromatic nitrogens is 4. The molecular weight excluding hydrogens is 330 g/mol. The first-order chi connectivity index (χ1) is 12.3. The van der Waals surface area contributed by atoms with Gasteiger partial charge < -0.3 is 10.1 Å². The van der Waals surface area contributed by atoms with Crippen molar-refractivity contribution in [1.29, 1.82) is 0 Å². The van der Waals surface area contributed by atoms with E-state index in [2.05, 4.69) is 20.4 Å². The third-order valence-electron chi connectivity index (χ3n) is 4.07.